The monoisotopic (exact) mass is 210 g/mol. The molecule has 0 aromatic heterocycles. The summed E-state index contributed by atoms with van der Waals surface area (Å²) in [5.41, 5.74) is 1.37. The molecule has 0 radical (unpaired) electrons. The van der Waals surface area contributed by atoms with Gasteiger partial charge >= 0.3 is 0 Å². The van der Waals surface area contributed by atoms with Crippen LogP contribution in [-0.4, -0.2) is 18.4 Å². The second-order valence-corrected chi connectivity index (χ2v) is 4.67. The highest BCUT2D eigenvalue weighted by atomic mass is 35.5. The molecule has 0 aliphatic rings. The fourth-order valence-electron chi connectivity index (χ4n) is 0.790. The van der Waals surface area contributed by atoms with Crippen molar-refractivity contribution in [3.8, 4) is 0 Å². The average molecular weight is 211 g/mol. The highest BCUT2D eigenvalue weighted by Gasteiger charge is 2.07. The Labute approximate surface area is 83.2 Å². The zero-order valence-electron chi connectivity index (χ0n) is 7.48. The van der Waals surface area contributed by atoms with Gasteiger partial charge in [0.2, 0.25) is 0 Å². The van der Waals surface area contributed by atoms with Crippen molar-refractivity contribution in [3.63, 3.8) is 0 Å². The fourth-order valence-corrected chi connectivity index (χ4v) is 3.20. The summed E-state index contributed by atoms with van der Waals surface area (Å²) < 4.78 is 1.37. The van der Waals surface area contributed by atoms with Gasteiger partial charge in [-0.05, 0) is 24.0 Å². The third kappa shape index (κ3) is 3.77. The molecule has 0 spiro atoms. The van der Waals surface area contributed by atoms with Gasteiger partial charge in [-0.3, -0.25) is 0 Å². The normalized spacial score (nSPS) is 10.4. The van der Waals surface area contributed by atoms with Crippen LogP contribution in [0.4, 0.5) is 0 Å². The van der Waals surface area contributed by atoms with Crippen molar-refractivity contribution in [1.82, 2.24) is 0 Å². The number of alkyl halides is 1. The molecule has 0 amide bonds. The first kappa shape index (κ1) is 11.7. The predicted molar refractivity (Wildman–Crippen MR) is 59.6 cm³/mol. The van der Waals surface area contributed by atoms with Crippen LogP contribution in [0.25, 0.3) is 0 Å². The molecule has 0 heterocycles. The Kier molecular flexibility index (Phi) is 6.68. The summed E-state index contributed by atoms with van der Waals surface area (Å²) in [5.74, 6) is 1.23. The van der Waals surface area contributed by atoms with E-state index in [4.69, 9.17) is 11.6 Å². The molecule has 3 heteroatoms. The Morgan fingerprint density at radius 1 is 1.27 bits per heavy atom. The average Bonchev–Trinajstić information content (AvgIpc) is 1.99. The van der Waals surface area contributed by atoms with Crippen molar-refractivity contribution >= 4 is 35.1 Å². The lowest BCUT2D eigenvalue weighted by molar-refractivity contribution is 0.772. The summed E-state index contributed by atoms with van der Waals surface area (Å²) >= 11 is 9.41. The van der Waals surface area contributed by atoms with E-state index in [0.717, 1.165) is 0 Å². The first-order valence-electron chi connectivity index (χ1n) is 3.54. The summed E-state index contributed by atoms with van der Waals surface area (Å²) in [5, 5.41) is 0. The van der Waals surface area contributed by atoms with Crippen LogP contribution in [0.5, 0.6) is 0 Å². The van der Waals surface area contributed by atoms with E-state index in [9.17, 15) is 0 Å². The van der Waals surface area contributed by atoms with Gasteiger partial charge in [0.15, 0.2) is 0 Å². The molecular formula is C8H15ClS2. The van der Waals surface area contributed by atoms with Crippen LogP contribution in [-0.2, 0) is 0 Å². The van der Waals surface area contributed by atoms with E-state index in [1.54, 1.807) is 23.5 Å². The van der Waals surface area contributed by atoms with Gasteiger partial charge in [-0.25, -0.2) is 0 Å². The van der Waals surface area contributed by atoms with E-state index < -0.39 is 0 Å². The molecule has 0 aliphatic heterocycles. The van der Waals surface area contributed by atoms with Crippen LogP contribution >= 0.6 is 35.1 Å². The topological polar surface area (TPSA) is 0 Å². The highest BCUT2D eigenvalue weighted by Crippen LogP contribution is 2.31. The second kappa shape index (κ2) is 6.27. The minimum Gasteiger partial charge on any atom is -0.123 e. The van der Waals surface area contributed by atoms with Crippen LogP contribution in [0.1, 0.15) is 13.8 Å². The summed E-state index contributed by atoms with van der Waals surface area (Å²) in [4.78, 5) is 0. The van der Waals surface area contributed by atoms with E-state index in [1.807, 2.05) is 0 Å². The van der Waals surface area contributed by atoms with Crippen molar-refractivity contribution in [2.75, 3.05) is 18.4 Å². The molecule has 0 aromatic carbocycles. The van der Waals surface area contributed by atoms with Gasteiger partial charge in [0.1, 0.15) is 0 Å². The third-order valence-electron chi connectivity index (χ3n) is 1.47. The maximum absolute atomic E-state index is 5.83. The Morgan fingerprint density at radius 3 is 1.82 bits per heavy atom. The molecule has 0 aliphatic carbocycles. The lowest BCUT2D eigenvalue weighted by Gasteiger charge is -2.12. The predicted octanol–water partition coefficient (Wildman–Crippen LogP) is 3.82. The second-order valence-electron chi connectivity index (χ2n) is 2.51. The molecule has 0 saturated carbocycles. The van der Waals surface area contributed by atoms with Crippen molar-refractivity contribution < 1.29 is 0 Å². The highest BCUT2D eigenvalue weighted by molar-refractivity contribution is 8.21. The van der Waals surface area contributed by atoms with Crippen LogP contribution in [0.2, 0.25) is 0 Å². The minimum absolute atomic E-state index is 0.572. The first-order valence-corrected chi connectivity index (χ1v) is 6.52. The smallest absolute Gasteiger partial charge is 0.0455 e. The van der Waals surface area contributed by atoms with Gasteiger partial charge < -0.3 is 0 Å². The van der Waals surface area contributed by atoms with Crippen LogP contribution < -0.4 is 0 Å². The summed E-state index contributed by atoms with van der Waals surface area (Å²) in [7, 11) is 0. The molecule has 66 valence electrons. The van der Waals surface area contributed by atoms with Gasteiger partial charge in [0, 0.05) is 10.1 Å². The number of hydrogen-bond acceptors (Lipinski definition) is 2. The lowest BCUT2D eigenvalue weighted by atomic mass is 10.1. The number of halogens is 1. The molecule has 0 aromatic rings. The molecule has 0 saturated heterocycles. The maximum Gasteiger partial charge on any atom is 0.0455 e. The van der Waals surface area contributed by atoms with Gasteiger partial charge in [0.25, 0.3) is 0 Å². The van der Waals surface area contributed by atoms with E-state index >= 15 is 0 Å². The zero-order valence-corrected chi connectivity index (χ0v) is 9.87. The van der Waals surface area contributed by atoms with Gasteiger partial charge in [-0.2, -0.15) is 0 Å². The standard InChI is InChI=1S/C8H15ClS2/c1-6(2)7(5-9)8(10-3)11-4/h6H,5H2,1-4H3. The van der Waals surface area contributed by atoms with Gasteiger partial charge in [-0.1, -0.05) is 13.8 Å². The van der Waals surface area contributed by atoms with E-state index in [-0.39, 0.29) is 0 Å². The van der Waals surface area contributed by atoms with Gasteiger partial charge in [-0.15, -0.1) is 35.1 Å². The van der Waals surface area contributed by atoms with Crippen molar-refractivity contribution in [3.05, 3.63) is 9.81 Å². The molecular weight excluding hydrogens is 196 g/mol. The molecule has 0 N–H and O–H groups in total. The summed E-state index contributed by atoms with van der Waals surface area (Å²) in [6.07, 6.45) is 4.20. The Bertz CT molecular complexity index is 135. The summed E-state index contributed by atoms with van der Waals surface area (Å²) in [6, 6.07) is 0. The minimum atomic E-state index is 0.572. The number of hydrogen-bond donors (Lipinski definition) is 0. The quantitative estimate of drug-likeness (QED) is 0.648. The van der Waals surface area contributed by atoms with E-state index in [2.05, 4.69) is 26.4 Å². The SMILES string of the molecule is CSC(SC)=C(CCl)C(C)C. The lowest BCUT2D eigenvalue weighted by Crippen LogP contribution is -1.97. The van der Waals surface area contributed by atoms with Crippen LogP contribution in [0, 0.1) is 5.92 Å². The molecule has 11 heavy (non-hydrogen) atoms. The van der Waals surface area contributed by atoms with Crippen molar-refractivity contribution in [2.45, 2.75) is 13.8 Å². The zero-order chi connectivity index (χ0) is 8.85. The largest absolute Gasteiger partial charge is 0.123 e. The Morgan fingerprint density at radius 2 is 1.73 bits per heavy atom. The summed E-state index contributed by atoms with van der Waals surface area (Å²) in [6.45, 7) is 4.37. The molecule has 0 unspecified atom stereocenters. The van der Waals surface area contributed by atoms with E-state index in [0.29, 0.717) is 11.8 Å². The first-order chi connectivity index (χ1) is 5.17. The fraction of sp³-hybridized carbons (Fsp3) is 0.750. The van der Waals surface area contributed by atoms with E-state index in [1.165, 1.54) is 9.81 Å². The third-order valence-corrected chi connectivity index (χ3v) is 4.03. The molecule has 0 rings (SSSR count). The van der Waals surface area contributed by atoms with Crippen LogP contribution in [0.15, 0.2) is 9.81 Å². The molecule has 0 fully saturated rings. The molecule has 0 bridgehead atoms. The van der Waals surface area contributed by atoms with Crippen molar-refractivity contribution in [2.24, 2.45) is 5.92 Å². The number of allylic oxidation sites excluding steroid dienone is 1. The van der Waals surface area contributed by atoms with Crippen molar-refractivity contribution in [1.29, 1.82) is 0 Å². The maximum atomic E-state index is 5.83. The number of thioether (sulfide) groups is 2. The Hall–Kier alpha value is 0.730. The van der Waals surface area contributed by atoms with Gasteiger partial charge in [0.05, 0.1) is 0 Å². The number of rotatable bonds is 4. The Balaban J connectivity index is 4.48. The molecule has 0 nitrogen and oxygen atoms in total. The van der Waals surface area contributed by atoms with Crippen LogP contribution in [0.3, 0.4) is 0 Å². The molecule has 0 atom stereocenters.